The van der Waals surface area contributed by atoms with Crippen LogP contribution in [-0.2, 0) is 13.1 Å². The molecule has 2 heterocycles. The standard InChI is InChI=1S/C21H26N4O/c1-4-24(5-2)14-18-9-7-6-8-17(18)13-22-21(26)19-15-25-11-10-16(3)12-20(25)23-19/h6-12,15H,4-5,13-14H2,1-3H3,(H,22,26). The minimum Gasteiger partial charge on any atom is -0.347 e. The molecule has 136 valence electrons. The van der Waals surface area contributed by atoms with Crippen molar-refractivity contribution in [3.8, 4) is 0 Å². The maximum atomic E-state index is 12.5. The lowest BCUT2D eigenvalue weighted by Gasteiger charge is -2.20. The molecule has 1 amide bonds. The maximum absolute atomic E-state index is 12.5. The number of nitrogens with zero attached hydrogens (tertiary/aromatic N) is 3. The molecule has 1 N–H and O–H groups in total. The number of imidazole rings is 1. The SMILES string of the molecule is CCN(CC)Cc1ccccc1CNC(=O)c1cn2ccc(C)cc2n1. The molecule has 0 radical (unpaired) electrons. The van der Waals surface area contributed by atoms with E-state index in [1.54, 1.807) is 6.20 Å². The summed E-state index contributed by atoms with van der Waals surface area (Å²) in [6.07, 6.45) is 3.69. The molecule has 0 aliphatic rings. The summed E-state index contributed by atoms with van der Waals surface area (Å²) in [7, 11) is 0. The molecule has 0 aliphatic heterocycles. The molecule has 3 aromatic rings. The Morgan fingerprint density at radius 2 is 1.88 bits per heavy atom. The maximum Gasteiger partial charge on any atom is 0.271 e. The predicted molar refractivity (Wildman–Crippen MR) is 104 cm³/mol. The Balaban J connectivity index is 1.71. The van der Waals surface area contributed by atoms with E-state index in [2.05, 4.69) is 47.2 Å². The lowest BCUT2D eigenvalue weighted by Crippen LogP contribution is -2.26. The van der Waals surface area contributed by atoms with Crippen molar-refractivity contribution in [3.63, 3.8) is 0 Å². The van der Waals surface area contributed by atoms with Gasteiger partial charge in [0.05, 0.1) is 0 Å². The van der Waals surface area contributed by atoms with Gasteiger partial charge >= 0.3 is 0 Å². The predicted octanol–water partition coefficient (Wildman–Crippen LogP) is 3.41. The number of hydrogen-bond donors (Lipinski definition) is 1. The Bertz CT molecular complexity index is 896. The molecular formula is C21H26N4O. The second-order valence-corrected chi connectivity index (χ2v) is 6.51. The monoisotopic (exact) mass is 350 g/mol. The van der Waals surface area contributed by atoms with E-state index in [0.717, 1.165) is 36.4 Å². The van der Waals surface area contributed by atoms with Gasteiger partial charge in [0.15, 0.2) is 0 Å². The number of pyridine rings is 1. The molecule has 0 atom stereocenters. The molecule has 1 aromatic carbocycles. The number of aromatic nitrogens is 2. The fourth-order valence-corrected chi connectivity index (χ4v) is 3.03. The molecular weight excluding hydrogens is 324 g/mol. The fourth-order valence-electron chi connectivity index (χ4n) is 3.03. The minimum atomic E-state index is -0.149. The smallest absolute Gasteiger partial charge is 0.271 e. The first kappa shape index (κ1) is 18.1. The number of aryl methyl sites for hydroxylation is 1. The lowest BCUT2D eigenvalue weighted by molar-refractivity contribution is 0.0946. The first-order chi connectivity index (χ1) is 12.6. The van der Waals surface area contributed by atoms with Crippen molar-refractivity contribution in [3.05, 3.63) is 71.2 Å². The Hall–Kier alpha value is -2.66. The van der Waals surface area contributed by atoms with E-state index >= 15 is 0 Å². The van der Waals surface area contributed by atoms with Crippen LogP contribution in [0.3, 0.4) is 0 Å². The van der Waals surface area contributed by atoms with Crippen LogP contribution in [0.5, 0.6) is 0 Å². The zero-order valence-corrected chi connectivity index (χ0v) is 15.7. The average Bonchev–Trinajstić information content (AvgIpc) is 3.08. The summed E-state index contributed by atoms with van der Waals surface area (Å²) < 4.78 is 1.87. The van der Waals surface area contributed by atoms with E-state index in [-0.39, 0.29) is 5.91 Å². The molecule has 0 unspecified atom stereocenters. The average molecular weight is 350 g/mol. The Morgan fingerprint density at radius 3 is 2.62 bits per heavy atom. The number of amides is 1. The van der Waals surface area contributed by atoms with Crippen LogP contribution in [0.4, 0.5) is 0 Å². The molecule has 0 fully saturated rings. The Morgan fingerprint density at radius 1 is 1.15 bits per heavy atom. The summed E-state index contributed by atoms with van der Waals surface area (Å²) in [5.41, 5.74) is 4.75. The number of fused-ring (bicyclic) bond motifs is 1. The highest BCUT2D eigenvalue weighted by atomic mass is 16.1. The summed E-state index contributed by atoms with van der Waals surface area (Å²) in [4.78, 5) is 19.3. The molecule has 0 spiro atoms. The number of carbonyl (C=O) groups is 1. The van der Waals surface area contributed by atoms with Gasteiger partial charge in [0, 0.05) is 25.5 Å². The van der Waals surface area contributed by atoms with Gasteiger partial charge in [0.1, 0.15) is 11.3 Å². The van der Waals surface area contributed by atoms with Crippen LogP contribution >= 0.6 is 0 Å². The molecule has 26 heavy (non-hydrogen) atoms. The van der Waals surface area contributed by atoms with Crippen molar-refractivity contribution in [2.45, 2.75) is 33.9 Å². The lowest BCUT2D eigenvalue weighted by atomic mass is 10.1. The highest BCUT2D eigenvalue weighted by Crippen LogP contribution is 2.13. The van der Waals surface area contributed by atoms with Crippen molar-refractivity contribution in [1.29, 1.82) is 0 Å². The van der Waals surface area contributed by atoms with Crippen LogP contribution in [0, 0.1) is 6.92 Å². The summed E-state index contributed by atoms with van der Waals surface area (Å²) in [5.74, 6) is -0.149. The van der Waals surface area contributed by atoms with Gasteiger partial charge in [-0.1, -0.05) is 38.1 Å². The van der Waals surface area contributed by atoms with E-state index in [1.807, 2.05) is 35.7 Å². The topological polar surface area (TPSA) is 49.6 Å². The van der Waals surface area contributed by atoms with Crippen LogP contribution in [0.25, 0.3) is 5.65 Å². The van der Waals surface area contributed by atoms with E-state index in [0.29, 0.717) is 12.2 Å². The van der Waals surface area contributed by atoms with Gasteiger partial charge in [-0.15, -0.1) is 0 Å². The zero-order chi connectivity index (χ0) is 18.5. The van der Waals surface area contributed by atoms with Gasteiger partial charge < -0.3 is 9.72 Å². The molecule has 2 aromatic heterocycles. The second-order valence-electron chi connectivity index (χ2n) is 6.51. The molecule has 0 aliphatic carbocycles. The fraction of sp³-hybridized carbons (Fsp3) is 0.333. The van der Waals surface area contributed by atoms with Crippen LogP contribution in [0.1, 0.15) is 41.0 Å². The summed E-state index contributed by atoms with van der Waals surface area (Å²) >= 11 is 0. The molecule has 5 nitrogen and oxygen atoms in total. The second kappa shape index (κ2) is 8.15. The van der Waals surface area contributed by atoms with E-state index in [4.69, 9.17) is 0 Å². The number of nitrogens with one attached hydrogen (secondary N) is 1. The van der Waals surface area contributed by atoms with Gasteiger partial charge in [-0.2, -0.15) is 0 Å². The third-order valence-electron chi connectivity index (χ3n) is 4.69. The quantitative estimate of drug-likeness (QED) is 0.710. The van der Waals surface area contributed by atoms with Gasteiger partial charge in [-0.25, -0.2) is 4.98 Å². The van der Waals surface area contributed by atoms with Crippen molar-refractivity contribution in [2.24, 2.45) is 0 Å². The first-order valence-corrected chi connectivity index (χ1v) is 9.13. The molecule has 5 heteroatoms. The third-order valence-corrected chi connectivity index (χ3v) is 4.69. The van der Waals surface area contributed by atoms with Crippen LogP contribution in [0.2, 0.25) is 0 Å². The third kappa shape index (κ3) is 4.11. The normalized spacial score (nSPS) is 11.2. The highest BCUT2D eigenvalue weighted by molar-refractivity contribution is 5.92. The first-order valence-electron chi connectivity index (χ1n) is 9.13. The van der Waals surface area contributed by atoms with Crippen molar-refractivity contribution in [2.75, 3.05) is 13.1 Å². The van der Waals surface area contributed by atoms with Gasteiger partial charge in [0.25, 0.3) is 5.91 Å². The summed E-state index contributed by atoms with van der Waals surface area (Å²) in [5, 5.41) is 3.01. The van der Waals surface area contributed by atoms with Crippen LogP contribution < -0.4 is 5.32 Å². The van der Waals surface area contributed by atoms with Gasteiger partial charge in [0.2, 0.25) is 0 Å². The van der Waals surface area contributed by atoms with Crippen LogP contribution in [0.15, 0.2) is 48.8 Å². The number of benzene rings is 1. The van der Waals surface area contributed by atoms with E-state index < -0.39 is 0 Å². The largest absolute Gasteiger partial charge is 0.347 e. The van der Waals surface area contributed by atoms with E-state index in [9.17, 15) is 4.79 Å². The van der Waals surface area contributed by atoms with Gasteiger partial charge in [-0.05, 0) is 48.8 Å². The molecule has 0 bridgehead atoms. The molecule has 0 saturated carbocycles. The Labute approximate surface area is 154 Å². The van der Waals surface area contributed by atoms with E-state index in [1.165, 1.54) is 5.56 Å². The molecule has 3 rings (SSSR count). The summed E-state index contributed by atoms with van der Waals surface area (Å²) in [6, 6.07) is 12.2. The summed E-state index contributed by atoms with van der Waals surface area (Å²) in [6.45, 7) is 9.77. The number of carbonyl (C=O) groups excluding carboxylic acids is 1. The number of hydrogen-bond acceptors (Lipinski definition) is 3. The van der Waals surface area contributed by atoms with Crippen LogP contribution in [-0.4, -0.2) is 33.3 Å². The minimum absolute atomic E-state index is 0.149. The Kier molecular flexibility index (Phi) is 5.68. The zero-order valence-electron chi connectivity index (χ0n) is 15.7. The number of rotatable bonds is 7. The van der Waals surface area contributed by atoms with Crippen molar-refractivity contribution in [1.82, 2.24) is 19.6 Å². The molecule has 0 saturated heterocycles. The van der Waals surface area contributed by atoms with Crippen molar-refractivity contribution < 1.29 is 4.79 Å². The van der Waals surface area contributed by atoms with Crippen molar-refractivity contribution >= 4 is 11.6 Å². The van der Waals surface area contributed by atoms with Gasteiger partial charge in [-0.3, -0.25) is 9.69 Å². The highest BCUT2D eigenvalue weighted by Gasteiger charge is 2.12.